The second-order valence-electron chi connectivity index (χ2n) is 5.44. The molecule has 20 heavy (non-hydrogen) atoms. The quantitative estimate of drug-likeness (QED) is 0.613. The molecule has 0 spiro atoms. The number of hydrogen-bond acceptors (Lipinski definition) is 5. The lowest BCUT2D eigenvalue weighted by Crippen LogP contribution is -2.59. The predicted molar refractivity (Wildman–Crippen MR) is 81.0 cm³/mol. The number of nitrogens with two attached hydrogens (primary N) is 1. The third-order valence-corrected chi connectivity index (χ3v) is 4.11. The Morgan fingerprint density at radius 2 is 1.80 bits per heavy atom. The summed E-state index contributed by atoms with van der Waals surface area (Å²) in [6.45, 7) is 12.5. The van der Waals surface area contributed by atoms with Crippen molar-refractivity contribution in [3.8, 4) is 0 Å². The molecular weight excluding hydrogens is 256 g/mol. The molecule has 1 aliphatic heterocycles. The van der Waals surface area contributed by atoms with E-state index in [4.69, 9.17) is 19.9 Å². The summed E-state index contributed by atoms with van der Waals surface area (Å²) < 4.78 is 16.7. The molecule has 1 heterocycles. The largest absolute Gasteiger partial charge is 0.380 e. The summed E-state index contributed by atoms with van der Waals surface area (Å²) in [5.74, 6) is 0. The molecule has 0 saturated carbocycles. The fourth-order valence-corrected chi connectivity index (χ4v) is 2.97. The fourth-order valence-electron chi connectivity index (χ4n) is 2.97. The van der Waals surface area contributed by atoms with Crippen LogP contribution in [0.2, 0.25) is 0 Å². The molecule has 0 aromatic rings. The Morgan fingerprint density at radius 1 is 1.20 bits per heavy atom. The predicted octanol–water partition coefficient (Wildman–Crippen LogP) is 1.26. The van der Waals surface area contributed by atoms with E-state index in [1.807, 2.05) is 13.8 Å². The molecule has 2 atom stereocenters. The minimum Gasteiger partial charge on any atom is -0.380 e. The minimum atomic E-state index is 0.0336. The molecule has 0 aromatic carbocycles. The molecule has 1 aliphatic rings. The maximum absolute atomic E-state index is 6.13. The number of rotatable bonds is 10. The van der Waals surface area contributed by atoms with Gasteiger partial charge in [-0.2, -0.15) is 0 Å². The molecule has 0 aliphatic carbocycles. The van der Waals surface area contributed by atoms with Gasteiger partial charge in [-0.15, -0.1) is 0 Å². The van der Waals surface area contributed by atoms with E-state index in [0.29, 0.717) is 6.54 Å². The molecular formula is C15H32N2O3. The molecule has 0 aromatic heterocycles. The van der Waals surface area contributed by atoms with Crippen LogP contribution in [-0.4, -0.2) is 69.2 Å². The maximum atomic E-state index is 6.13. The van der Waals surface area contributed by atoms with Crippen molar-refractivity contribution in [2.45, 2.75) is 45.3 Å². The molecule has 0 amide bonds. The Labute approximate surface area is 123 Å². The van der Waals surface area contributed by atoms with Crippen LogP contribution in [0.5, 0.6) is 0 Å². The van der Waals surface area contributed by atoms with Crippen molar-refractivity contribution >= 4 is 0 Å². The zero-order valence-electron chi connectivity index (χ0n) is 13.4. The minimum absolute atomic E-state index is 0.0336. The van der Waals surface area contributed by atoms with Crippen molar-refractivity contribution < 1.29 is 14.2 Å². The third-order valence-electron chi connectivity index (χ3n) is 4.11. The van der Waals surface area contributed by atoms with Crippen molar-refractivity contribution in [3.63, 3.8) is 0 Å². The molecule has 1 saturated heterocycles. The van der Waals surface area contributed by atoms with Gasteiger partial charge in [0.2, 0.25) is 0 Å². The first-order chi connectivity index (χ1) is 9.68. The van der Waals surface area contributed by atoms with E-state index in [9.17, 15) is 0 Å². The summed E-state index contributed by atoms with van der Waals surface area (Å²) in [5.41, 5.74) is 6.16. The highest BCUT2D eigenvalue weighted by Gasteiger charge is 2.39. The first-order valence-electron chi connectivity index (χ1n) is 7.90. The number of hydrogen-bond donors (Lipinski definition) is 1. The molecule has 1 fully saturated rings. The lowest BCUT2D eigenvalue weighted by molar-refractivity contribution is -0.0751. The van der Waals surface area contributed by atoms with Gasteiger partial charge in [0.1, 0.15) is 0 Å². The van der Waals surface area contributed by atoms with Gasteiger partial charge in [0, 0.05) is 45.0 Å². The van der Waals surface area contributed by atoms with Crippen LogP contribution in [0, 0.1) is 0 Å². The van der Waals surface area contributed by atoms with E-state index in [-0.39, 0.29) is 11.6 Å². The Bertz CT molecular complexity index is 243. The van der Waals surface area contributed by atoms with E-state index < -0.39 is 0 Å². The van der Waals surface area contributed by atoms with E-state index in [1.54, 1.807) is 0 Å². The van der Waals surface area contributed by atoms with Crippen LogP contribution in [0.1, 0.15) is 33.6 Å². The van der Waals surface area contributed by atoms with Crippen molar-refractivity contribution in [2.75, 3.05) is 52.7 Å². The lowest BCUT2D eigenvalue weighted by atomic mass is 9.85. The molecule has 2 unspecified atom stereocenters. The van der Waals surface area contributed by atoms with Crippen LogP contribution in [0.25, 0.3) is 0 Å². The average molecular weight is 288 g/mol. The highest BCUT2D eigenvalue weighted by Crippen LogP contribution is 2.30. The first kappa shape index (κ1) is 17.9. The van der Waals surface area contributed by atoms with E-state index in [1.165, 1.54) is 0 Å². The fraction of sp³-hybridized carbons (Fsp3) is 1.00. The highest BCUT2D eigenvalue weighted by molar-refractivity contribution is 4.95. The molecule has 5 heteroatoms. The second kappa shape index (κ2) is 9.68. The Kier molecular flexibility index (Phi) is 8.64. The number of ether oxygens (including phenoxy) is 3. The SMILES string of the molecule is CCOCCN(CCOCC)C1(CN)CCOC(C)C1. The Hall–Kier alpha value is -0.200. The first-order valence-corrected chi connectivity index (χ1v) is 7.90. The zero-order valence-corrected chi connectivity index (χ0v) is 13.4. The molecule has 1 rings (SSSR count). The average Bonchev–Trinajstić information content (AvgIpc) is 2.46. The lowest BCUT2D eigenvalue weighted by Gasteiger charge is -2.47. The van der Waals surface area contributed by atoms with Crippen LogP contribution >= 0.6 is 0 Å². The van der Waals surface area contributed by atoms with Gasteiger partial charge in [0.25, 0.3) is 0 Å². The standard InChI is InChI=1S/C15H32N2O3/c1-4-18-10-7-17(8-11-19-5-2)15(13-16)6-9-20-14(3)12-15/h14H,4-13,16H2,1-3H3. The monoisotopic (exact) mass is 288 g/mol. The molecule has 0 bridgehead atoms. The Morgan fingerprint density at radius 3 is 2.25 bits per heavy atom. The summed E-state index contributed by atoms with van der Waals surface area (Å²) in [4.78, 5) is 2.46. The summed E-state index contributed by atoms with van der Waals surface area (Å²) in [6.07, 6.45) is 2.25. The van der Waals surface area contributed by atoms with Crippen LogP contribution in [-0.2, 0) is 14.2 Å². The summed E-state index contributed by atoms with van der Waals surface area (Å²) in [6, 6.07) is 0. The third kappa shape index (κ3) is 5.30. The van der Waals surface area contributed by atoms with E-state index >= 15 is 0 Å². The van der Waals surface area contributed by atoms with Gasteiger partial charge in [-0.3, -0.25) is 4.90 Å². The van der Waals surface area contributed by atoms with Crippen molar-refractivity contribution in [3.05, 3.63) is 0 Å². The summed E-state index contributed by atoms with van der Waals surface area (Å²) in [5, 5.41) is 0. The Balaban J connectivity index is 2.64. The van der Waals surface area contributed by atoms with Gasteiger partial charge in [0.15, 0.2) is 0 Å². The normalized spacial score (nSPS) is 27.1. The van der Waals surface area contributed by atoms with Crippen LogP contribution < -0.4 is 5.73 Å². The molecule has 120 valence electrons. The molecule has 5 nitrogen and oxygen atoms in total. The van der Waals surface area contributed by atoms with Crippen LogP contribution in [0.3, 0.4) is 0 Å². The highest BCUT2D eigenvalue weighted by atomic mass is 16.5. The van der Waals surface area contributed by atoms with Gasteiger partial charge in [-0.05, 0) is 33.6 Å². The topological polar surface area (TPSA) is 57.0 Å². The van der Waals surface area contributed by atoms with E-state index in [0.717, 1.165) is 59.0 Å². The molecule has 0 radical (unpaired) electrons. The zero-order chi connectivity index (χ0) is 14.8. The van der Waals surface area contributed by atoms with Crippen LogP contribution in [0.4, 0.5) is 0 Å². The number of nitrogens with zero attached hydrogens (tertiary/aromatic N) is 1. The van der Waals surface area contributed by atoms with Gasteiger partial charge >= 0.3 is 0 Å². The summed E-state index contributed by atoms with van der Waals surface area (Å²) >= 11 is 0. The van der Waals surface area contributed by atoms with Gasteiger partial charge in [-0.25, -0.2) is 0 Å². The van der Waals surface area contributed by atoms with Crippen molar-refractivity contribution in [1.82, 2.24) is 4.90 Å². The van der Waals surface area contributed by atoms with Gasteiger partial charge in [-0.1, -0.05) is 0 Å². The molecule has 2 N–H and O–H groups in total. The second-order valence-corrected chi connectivity index (χ2v) is 5.44. The van der Waals surface area contributed by atoms with Gasteiger partial charge < -0.3 is 19.9 Å². The van der Waals surface area contributed by atoms with Crippen molar-refractivity contribution in [1.29, 1.82) is 0 Å². The maximum Gasteiger partial charge on any atom is 0.0593 e. The van der Waals surface area contributed by atoms with Crippen molar-refractivity contribution in [2.24, 2.45) is 5.73 Å². The summed E-state index contributed by atoms with van der Waals surface area (Å²) in [7, 11) is 0. The van der Waals surface area contributed by atoms with E-state index in [2.05, 4.69) is 11.8 Å². The van der Waals surface area contributed by atoms with Crippen LogP contribution in [0.15, 0.2) is 0 Å². The van der Waals surface area contributed by atoms with Gasteiger partial charge in [0.05, 0.1) is 19.3 Å². The smallest absolute Gasteiger partial charge is 0.0593 e.